The molecule has 12 nitrogen and oxygen atoms in total. The fourth-order valence-corrected chi connectivity index (χ4v) is 11.5. The molecule has 2 heterocycles. The largest absolute Gasteiger partial charge is 0.465 e. The van der Waals surface area contributed by atoms with Crippen molar-refractivity contribution in [2.45, 2.75) is 89.1 Å². The number of likely N-dealkylation sites (tertiary alicyclic amines) is 2. The molecule has 0 aromatic heterocycles. The van der Waals surface area contributed by atoms with Gasteiger partial charge in [0.15, 0.2) is 5.78 Å². The monoisotopic (exact) mass is 859 g/mol. The topological polar surface area (TPSA) is 151 Å². The lowest BCUT2D eigenvalue weighted by Gasteiger charge is -2.37. The summed E-state index contributed by atoms with van der Waals surface area (Å²) < 4.78 is 62.3. The number of Topliss-reactive ketones (excluding diaryl/α,β-unsaturated/α-hetero) is 1. The summed E-state index contributed by atoms with van der Waals surface area (Å²) in [6.07, 6.45) is 2.53. The molecule has 6 rings (SSSR count). The van der Waals surface area contributed by atoms with Crippen molar-refractivity contribution in [3.63, 3.8) is 0 Å². The molecule has 0 radical (unpaired) electrons. The highest BCUT2D eigenvalue weighted by molar-refractivity contribution is 7.93. The van der Waals surface area contributed by atoms with Crippen LogP contribution >= 0.6 is 0 Å². The van der Waals surface area contributed by atoms with Gasteiger partial charge in [-0.05, 0) is 127 Å². The molecule has 2 saturated heterocycles. The SMILES string of the molecule is CC(C)N1CCC(S(=O)(=O)N(Cc2ccc(C(=O)CN)cc2)c2ccccc2)CC1.COC(=O)c1ccc(CN(c2ccccc2)S(=O)(=O)C2CCN(C(C)C)CC2)cc1. The van der Waals surface area contributed by atoms with Crippen molar-refractivity contribution >= 4 is 43.2 Å². The number of piperidine rings is 2. The van der Waals surface area contributed by atoms with Crippen LogP contribution in [0.1, 0.15) is 85.2 Å². The number of nitrogens with two attached hydrogens (primary N) is 1. The van der Waals surface area contributed by atoms with Gasteiger partial charge in [-0.1, -0.05) is 72.8 Å². The van der Waals surface area contributed by atoms with Gasteiger partial charge in [0.05, 0.1) is 54.2 Å². The maximum atomic E-state index is 13.6. The molecule has 0 amide bonds. The normalized spacial score (nSPS) is 15.9. The van der Waals surface area contributed by atoms with Crippen molar-refractivity contribution in [2.24, 2.45) is 5.73 Å². The molecular formula is C46H61N5O7S2. The van der Waals surface area contributed by atoms with Gasteiger partial charge in [0.1, 0.15) is 0 Å². The molecule has 324 valence electrons. The van der Waals surface area contributed by atoms with Gasteiger partial charge in [0.25, 0.3) is 0 Å². The molecule has 2 aliphatic rings. The first-order valence-corrected chi connectivity index (χ1v) is 23.8. The third kappa shape index (κ3) is 11.8. The van der Waals surface area contributed by atoms with E-state index in [2.05, 4.69) is 37.5 Å². The Bertz CT molecular complexity index is 2030. The molecule has 2 N–H and O–H groups in total. The minimum absolute atomic E-state index is 0.0427. The molecule has 0 bridgehead atoms. The number of ketones is 1. The number of nitrogens with zero attached hydrogens (tertiary/aromatic N) is 4. The maximum Gasteiger partial charge on any atom is 0.337 e. The molecule has 4 aromatic carbocycles. The van der Waals surface area contributed by atoms with E-state index in [4.69, 9.17) is 10.5 Å². The number of methoxy groups -OCH3 is 1. The number of benzene rings is 4. The summed E-state index contributed by atoms with van der Waals surface area (Å²) in [7, 11) is -5.74. The number of ether oxygens (including phenoxy) is 1. The third-order valence-electron chi connectivity index (χ3n) is 11.4. The van der Waals surface area contributed by atoms with Crippen molar-refractivity contribution in [3.05, 3.63) is 131 Å². The number of para-hydroxylation sites is 2. The summed E-state index contributed by atoms with van der Waals surface area (Å²) >= 11 is 0. The number of hydrogen-bond acceptors (Lipinski definition) is 10. The number of carbonyl (C=O) groups excluding carboxylic acids is 2. The van der Waals surface area contributed by atoms with E-state index < -0.39 is 36.5 Å². The number of hydrogen-bond donors (Lipinski definition) is 1. The summed E-state index contributed by atoms with van der Waals surface area (Å²) in [5.74, 6) is -0.544. The molecule has 14 heteroatoms. The standard InChI is InChI=1S/C23H31N3O3S.C23H30N2O4S/c1-18(2)25-14-12-22(13-15-25)30(28,29)26(21-6-4-3-5-7-21)17-19-8-10-20(11-9-19)23(27)16-24;1-18(2)24-15-13-22(14-16-24)30(27,28)25(21-7-5-4-6-8-21)17-19-9-11-20(12-10-19)23(26)29-3/h3-11,18,22H,12-17,24H2,1-2H3;4-12,18,22H,13-17H2,1-3H3. The van der Waals surface area contributed by atoms with Crippen LogP contribution in [-0.2, 0) is 37.9 Å². The zero-order valence-corrected chi connectivity index (χ0v) is 37.2. The Balaban J connectivity index is 0.000000228. The number of anilines is 2. The zero-order chi connectivity index (χ0) is 43.5. The van der Waals surface area contributed by atoms with Crippen LogP contribution in [0, 0.1) is 0 Å². The number of esters is 1. The van der Waals surface area contributed by atoms with Crippen LogP contribution in [0.15, 0.2) is 109 Å². The van der Waals surface area contributed by atoms with Crippen LogP contribution in [0.25, 0.3) is 0 Å². The second-order valence-electron chi connectivity index (χ2n) is 15.9. The molecule has 0 aliphatic carbocycles. The van der Waals surface area contributed by atoms with Crippen LogP contribution in [0.4, 0.5) is 11.4 Å². The second-order valence-corrected chi connectivity index (χ2v) is 20.2. The van der Waals surface area contributed by atoms with E-state index in [1.807, 2.05) is 60.7 Å². The van der Waals surface area contributed by atoms with E-state index in [1.54, 1.807) is 48.5 Å². The van der Waals surface area contributed by atoms with Crippen LogP contribution < -0.4 is 14.3 Å². The molecule has 0 spiro atoms. The molecule has 2 fully saturated rings. The first-order chi connectivity index (χ1) is 28.6. The van der Waals surface area contributed by atoms with Crippen molar-refractivity contribution in [1.29, 1.82) is 0 Å². The summed E-state index contributed by atoms with van der Waals surface area (Å²) in [4.78, 5) is 28.1. The lowest BCUT2D eigenvalue weighted by atomic mass is 10.1. The minimum atomic E-state index is -3.54. The van der Waals surface area contributed by atoms with E-state index in [9.17, 15) is 26.4 Å². The zero-order valence-electron chi connectivity index (χ0n) is 35.5. The Morgan fingerprint density at radius 2 is 0.950 bits per heavy atom. The highest BCUT2D eigenvalue weighted by atomic mass is 32.2. The summed E-state index contributed by atoms with van der Waals surface area (Å²) in [5.41, 5.74) is 9.36. The number of rotatable bonds is 15. The molecule has 4 aromatic rings. The first kappa shape index (κ1) is 46.5. The average Bonchev–Trinajstić information content (AvgIpc) is 3.28. The smallest absolute Gasteiger partial charge is 0.337 e. The van der Waals surface area contributed by atoms with Crippen LogP contribution in [-0.4, -0.2) is 101 Å². The summed E-state index contributed by atoms with van der Waals surface area (Å²) in [5, 5.41) is -0.798. The fraction of sp³-hybridized carbons (Fsp3) is 0.435. The molecule has 0 unspecified atom stereocenters. The maximum absolute atomic E-state index is 13.6. The van der Waals surface area contributed by atoms with Gasteiger partial charge in [-0.25, -0.2) is 21.6 Å². The first-order valence-electron chi connectivity index (χ1n) is 20.8. The van der Waals surface area contributed by atoms with Gasteiger partial charge < -0.3 is 20.3 Å². The van der Waals surface area contributed by atoms with Gasteiger partial charge in [-0.2, -0.15) is 0 Å². The minimum Gasteiger partial charge on any atom is -0.465 e. The van der Waals surface area contributed by atoms with Gasteiger partial charge in [-0.15, -0.1) is 0 Å². The fourth-order valence-electron chi connectivity index (χ4n) is 7.69. The average molecular weight is 860 g/mol. The molecule has 0 atom stereocenters. The Morgan fingerprint density at radius 3 is 1.27 bits per heavy atom. The van der Waals surface area contributed by atoms with Crippen molar-refractivity contribution in [2.75, 3.05) is 48.4 Å². The molecule has 0 saturated carbocycles. The lowest BCUT2D eigenvalue weighted by molar-refractivity contribution is 0.0600. The van der Waals surface area contributed by atoms with Crippen LogP contribution in [0.5, 0.6) is 0 Å². The second kappa shape index (κ2) is 21.3. The van der Waals surface area contributed by atoms with Crippen LogP contribution in [0.3, 0.4) is 0 Å². The van der Waals surface area contributed by atoms with Crippen molar-refractivity contribution in [3.8, 4) is 0 Å². The lowest BCUT2D eigenvalue weighted by Crippen LogP contribution is -2.47. The van der Waals surface area contributed by atoms with E-state index in [-0.39, 0.29) is 25.4 Å². The summed E-state index contributed by atoms with van der Waals surface area (Å²) in [6, 6.07) is 33.2. The van der Waals surface area contributed by atoms with Crippen molar-refractivity contribution in [1.82, 2.24) is 9.80 Å². The number of sulfonamides is 2. The van der Waals surface area contributed by atoms with E-state index in [0.29, 0.717) is 60.3 Å². The quantitative estimate of drug-likeness (QED) is 0.101. The summed E-state index contributed by atoms with van der Waals surface area (Å²) in [6.45, 7) is 12.1. The predicted octanol–water partition coefficient (Wildman–Crippen LogP) is 6.72. The highest BCUT2D eigenvalue weighted by Gasteiger charge is 2.37. The van der Waals surface area contributed by atoms with Gasteiger partial charge in [0.2, 0.25) is 20.0 Å². The molecular weight excluding hydrogens is 799 g/mol. The molecule has 2 aliphatic heterocycles. The van der Waals surface area contributed by atoms with Crippen molar-refractivity contribution < 1.29 is 31.2 Å². The van der Waals surface area contributed by atoms with E-state index in [1.165, 1.54) is 15.7 Å². The highest BCUT2D eigenvalue weighted by Crippen LogP contribution is 2.30. The Morgan fingerprint density at radius 1 is 0.600 bits per heavy atom. The van der Waals surface area contributed by atoms with E-state index in [0.717, 1.165) is 37.3 Å². The van der Waals surface area contributed by atoms with Gasteiger partial charge in [0, 0.05) is 17.6 Å². The third-order valence-corrected chi connectivity index (χ3v) is 16.0. The Labute approximate surface area is 357 Å². The Hall–Kier alpha value is -4.60. The Kier molecular flexibility index (Phi) is 16.5. The van der Waals surface area contributed by atoms with E-state index >= 15 is 0 Å². The number of carbonyl (C=O) groups is 2. The van der Waals surface area contributed by atoms with Crippen LogP contribution in [0.2, 0.25) is 0 Å². The predicted molar refractivity (Wildman–Crippen MR) is 240 cm³/mol. The molecule has 60 heavy (non-hydrogen) atoms. The van der Waals surface area contributed by atoms with Gasteiger partial charge >= 0.3 is 5.97 Å². The van der Waals surface area contributed by atoms with Gasteiger partial charge in [-0.3, -0.25) is 13.4 Å².